The van der Waals surface area contributed by atoms with Crippen LogP contribution in [-0.2, 0) is 0 Å². The monoisotopic (exact) mass is 311 g/mol. The van der Waals surface area contributed by atoms with Crippen molar-refractivity contribution in [2.45, 2.75) is 18.8 Å². The number of piperidine rings is 1. The van der Waals surface area contributed by atoms with Crippen LogP contribution in [0.5, 0.6) is 0 Å². The minimum atomic E-state index is -0.0480. The molecule has 2 heterocycles. The van der Waals surface area contributed by atoms with Crippen molar-refractivity contribution in [1.29, 1.82) is 0 Å². The summed E-state index contributed by atoms with van der Waals surface area (Å²) in [6.07, 6.45) is 3.43. The van der Waals surface area contributed by atoms with Gasteiger partial charge in [0, 0.05) is 36.7 Å². The molecule has 0 aliphatic carbocycles. The highest BCUT2D eigenvalue weighted by atomic mass is 16.5. The topological polar surface area (TPSA) is 59.3 Å². The highest BCUT2D eigenvalue weighted by molar-refractivity contribution is 5.94. The Balaban J connectivity index is 1.48. The molecule has 2 aromatic rings. The Hall–Kier alpha value is -2.40. The van der Waals surface area contributed by atoms with E-state index < -0.39 is 0 Å². The summed E-state index contributed by atoms with van der Waals surface area (Å²) < 4.78 is 0.970. The van der Waals surface area contributed by atoms with Crippen molar-refractivity contribution in [3.05, 3.63) is 71.2 Å². The van der Waals surface area contributed by atoms with Gasteiger partial charge >= 0.3 is 0 Å². The largest absolute Gasteiger partial charge is 0.618 e. The normalized spacial score (nSPS) is 16.2. The van der Waals surface area contributed by atoms with Gasteiger partial charge in [0.15, 0.2) is 11.9 Å². The number of carbonyl (C=O) groups excluding carboxylic acids is 1. The molecule has 0 bridgehead atoms. The number of rotatable bonds is 4. The van der Waals surface area contributed by atoms with E-state index in [2.05, 4.69) is 10.2 Å². The minimum absolute atomic E-state index is 0.0480. The fourth-order valence-electron chi connectivity index (χ4n) is 3.02. The van der Waals surface area contributed by atoms with Gasteiger partial charge in [0.05, 0.1) is 6.67 Å². The van der Waals surface area contributed by atoms with E-state index in [4.69, 9.17) is 0 Å². The number of hydrogen-bond donors (Lipinski definition) is 1. The molecule has 0 saturated carbocycles. The Morgan fingerprint density at radius 3 is 2.52 bits per heavy atom. The van der Waals surface area contributed by atoms with Gasteiger partial charge in [0.25, 0.3) is 5.91 Å². The molecular formula is C18H21N3O2. The first-order chi connectivity index (χ1) is 11.2. The average Bonchev–Trinajstić information content (AvgIpc) is 2.61. The maximum absolute atomic E-state index is 12.0. The highest BCUT2D eigenvalue weighted by Crippen LogP contribution is 2.25. The lowest BCUT2D eigenvalue weighted by molar-refractivity contribution is -0.616. The number of aromatic nitrogens is 1. The highest BCUT2D eigenvalue weighted by Gasteiger charge is 2.25. The van der Waals surface area contributed by atoms with Crippen LogP contribution in [0.25, 0.3) is 0 Å². The molecule has 1 aromatic carbocycles. The Bertz CT molecular complexity index is 652. The Labute approximate surface area is 136 Å². The first-order valence-corrected chi connectivity index (χ1v) is 7.98. The molecular weight excluding hydrogens is 290 g/mol. The fourth-order valence-corrected chi connectivity index (χ4v) is 3.02. The summed E-state index contributed by atoms with van der Waals surface area (Å²) in [4.78, 5) is 14.3. The predicted molar refractivity (Wildman–Crippen MR) is 87.7 cm³/mol. The molecule has 1 saturated heterocycles. The predicted octanol–water partition coefficient (Wildman–Crippen LogP) is 1.89. The number of carbonyl (C=O) groups is 1. The van der Waals surface area contributed by atoms with Gasteiger partial charge < -0.3 is 10.5 Å². The molecule has 1 aliphatic rings. The van der Waals surface area contributed by atoms with Crippen molar-refractivity contribution in [3.63, 3.8) is 0 Å². The van der Waals surface area contributed by atoms with E-state index in [0.717, 1.165) is 36.4 Å². The first-order valence-electron chi connectivity index (χ1n) is 7.98. The zero-order valence-corrected chi connectivity index (χ0v) is 13.0. The number of amides is 1. The molecule has 1 N–H and O–H groups in total. The maximum atomic E-state index is 12.0. The Morgan fingerprint density at radius 2 is 1.83 bits per heavy atom. The van der Waals surface area contributed by atoms with Crippen LogP contribution in [0.1, 0.15) is 34.8 Å². The molecule has 120 valence electrons. The molecule has 1 aliphatic heterocycles. The summed E-state index contributed by atoms with van der Waals surface area (Å²) in [5.74, 6) is 0.253. The third kappa shape index (κ3) is 3.87. The molecule has 23 heavy (non-hydrogen) atoms. The molecule has 0 spiro atoms. The third-order valence-electron chi connectivity index (χ3n) is 4.36. The van der Waals surface area contributed by atoms with E-state index in [9.17, 15) is 10.0 Å². The first kappa shape index (κ1) is 15.5. The minimum Gasteiger partial charge on any atom is -0.618 e. The SMILES string of the molecule is O=C(NCN1CCC(c2cccc[n+]2[O-])CC1)c1ccccc1. The molecule has 1 aromatic heterocycles. The van der Waals surface area contributed by atoms with Gasteiger partial charge in [-0.3, -0.25) is 9.69 Å². The average molecular weight is 311 g/mol. The number of hydrogen-bond acceptors (Lipinski definition) is 3. The van der Waals surface area contributed by atoms with Crippen LogP contribution in [-0.4, -0.2) is 30.6 Å². The van der Waals surface area contributed by atoms with Crippen molar-refractivity contribution in [1.82, 2.24) is 10.2 Å². The van der Waals surface area contributed by atoms with Crippen LogP contribution in [0, 0.1) is 5.21 Å². The van der Waals surface area contributed by atoms with Crippen LogP contribution < -0.4 is 10.0 Å². The molecule has 0 radical (unpaired) electrons. The number of likely N-dealkylation sites (tertiary alicyclic amines) is 1. The molecule has 1 amide bonds. The molecule has 0 unspecified atom stereocenters. The summed E-state index contributed by atoms with van der Waals surface area (Å²) in [6, 6.07) is 14.8. The zero-order valence-electron chi connectivity index (χ0n) is 13.0. The van der Waals surface area contributed by atoms with Crippen molar-refractivity contribution in [3.8, 4) is 0 Å². The van der Waals surface area contributed by atoms with E-state index in [-0.39, 0.29) is 5.91 Å². The molecule has 1 fully saturated rings. The Morgan fingerprint density at radius 1 is 1.13 bits per heavy atom. The third-order valence-corrected chi connectivity index (χ3v) is 4.36. The van der Waals surface area contributed by atoms with Crippen LogP contribution >= 0.6 is 0 Å². The zero-order chi connectivity index (χ0) is 16.1. The molecule has 3 rings (SSSR count). The van der Waals surface area contributed by atoms with E-state index in [1.165, 1.54) is 0 Å². The number of nitrogens with zero attached hydrogens (tertiary/aromatic N) is 2. The van der Waals surface area contributed by atoms with Crippen LogP contribution in [0.15, 0.2) is 54.7 Å². The lowest BCUT2D eigenvalue weighted by Gasteiger charge is -2.30. The van der Waals surface area contributed by atoms with Gasteiger partial charge in [0.2, 0.25) is 0 Å². The van der Waals surface area contributed by atoms with E-state index >= 15 is 0 Å². The summed E-state index contributed by atoms with van der Waals surface area (Å²) in [6.45, 7) is 2.32. The summed E-state index contributed by atoms with van der Waals surface area (Å²) >= 11 is 0. The Kier molecular flexibility index (Phi) is 4.88. The smallest absolute Gasteiger partial charge is 0.252 e. The molecule has 5 heteroatoms. The maximum Gasteiger partial charge on any atom is 0.252 e. The fraction of sp³-hybridized carbons (Fsp3) is 0.333. The van der Waals surface area contributed by atoms with E-state index in [1.807, 2.05) is 42.5 Å². The van der Waals surface area contributed by atoms with Crippen molar-refractivity contribution in [2.75, 3.05) is 19.8 Å². The second kappa shape index (κ2) is 7.24. The standard InChI is InChI=1S/C18H21N3O2/c22-18(16-6-2-1-3-7-16)19-14-20-12-9-15(10-13-20)17-8-4-5-11-21(17)23/h1-8,11,15H,9-10,12-14H2,(H,19,22). The summed E-state index contributed by atoms with van der Waals surface area (Å²) in [5.41, 5.74) is 1.53. The van der Waals surface area contributed by atoms with Crippen LogP contribution in [0.4, 0.5) is 0 Å². The van der Waals surface area contributed by atoms with Gasteiger partial charge in [-0.1, -0.05) is 24.3 Å². The lowest BCUT2D eigenvalue weighted by Crippen LogP contribution is -2.43. The van der Waals surface area contributed by atoms with Crippen molar-refractivity contribution in [2.24, 2.45) is 0 Å². The number of pyridine rings is 1. The van der Waals surface area contributed by atoms with Gasteiger partial charge in [-0.2, -0.15) is 4.73 Å². The summed E-state index contributed by atoms with van der Waals surface area (Å²) in [5, 5.41) is 14.8. The van der Waals surface area contributed by atoms with Gasteiger partial charge in [-0.05, 0) is 25.0 Å². The van der Waals surface area contributed by atoms with Gasteiger partial charge in [0.1, 0.15) is 0 Å². The van der Waals surface area contributed by atoms with Crippen molar-refractivity contribution < 1.29 is 9.52 Å². The second-order valence-electron chi connectivity index (χ2n) is 5.87. The quantitative estimate of drug-likeness (QED) is 0.693. The number of benzene rings is 1. The van der Waals surface area contributed by atoms with Crippen LogP contribution in [0.3, 0.4) is 0 Å². The summed E-state index contributed by atoms with van der Waals surface area (Å²) in [7, 11) is 0. The second-order valence-corrected chi connectivity index (χ2v) is 5.87. The van der Waals surface area contributed by atoms with Gasteiger partial charge in [-0.15, -0.1) is 0 Å². The number of nitrogens with one attached hydrogen (secondary N) is 1. The molecule has 0 atom stereocenters. The molecule has 5 nitrogen and oxygen atoms in total. The van der Waals surface area contributed by atoms with E-state index in [1.54, 1.807) is 12.3 Å². The van der Waals surface area contributed by atoms with Crippen molar-refractivity contribution >= 4 is 5.91 Å². The van der Waals surface area contributed by atoms with E-state index in [0.29, 0.717) is 18.2 Å². The van der Waals surface area contributed by atoms with Crippen LogP contribution in [0.2, 0.25) is 0 Å². The lowest BCUT2D eigenvalue weighted by atomic mass is 9.93. The van der Waals surface area contributed by atoms with Gasteiger partial charge in [-0.25, -0.2) is 0 Å².